The van der Waals surface area contributed by atoms with E-state index in [1.807, 2.05) is 0 Å². The summed E-state index contributed by atoms with van der Waals surface area (Å²) in [6, 6.07) is 17.4. The van der Waals surface area contributed by atoms with Crippen molar-refractivity contribution < 1.29 is 8.42 Å². The summed E-state index contributed by atoms with van der Waals surface area (Å²) in [4.78, 5) is 12.1. The Morgan fingerprint density at radius 2 is 1.54 bits per heavy atom. The van der Waals surface area contributed by atoms with Crippen LogP contribution in [0.4, 0.5) is 0 Å². The second-order valence-electron chi connectivity index (χ2n) is 5.12. The van der Waals surface area contributed by atoms with Crippen molar-refractivity contribution in [2.75, 3.05) is 0 Å². The molecule has 0 amide bonds. The molecule has 0 N–H and O–H groups in total. The quantitative estimate of drug-likeness (QED) is 0.717. The summed E-state index contributed by atoms with van der Waals surface area (Å²) in [5, 5.41) is 3.60. The van der Waals surface area contributed by atoms with Crippen molar-refractivity contribution in [3.8, 4) is 5.69 Å². The fraction of sp³-hybridized carbons (Fsp3) is 0.0588. The van der Waals surface area contributed by atoms with E-state index >= 15 is 0 Å². The predicted molar refractivity (Wildman–Crippen MR) is 92.2 cm³/mol. The van der Waals surface area contributed by atoms with Gasteiger partial charge in [0.1, 0.15) is 9.92 Å². The smallest absolute Gasteiger partial charge is 0.266 e. The van der Waals surface area contributed by atoms with E-state index in [0.29, 0.717) is 11.3 Å². The minimum absolute atomic E-state index is 0.246. The van der Waals surface area contributed by atoms with Crippen molar-refractivity contribution in [2.24, 2.45) is 0 Å². The van der Waals surface area contributed by atoms with E-state index in [9.17, 15) is 13.2 Å². The average Bonchev–Trinajstić information content (AvgIpc) is 2.58. The molecule has 122 valence electrons. The van der Waals surface area contributed by atoms with E-state index in [1.54, 1.807) is 60.7 Å². The van der Waals surface area contributed by atoms with Gasteiger partial charge in [-0.1, -0.05) is 60.1 Å². The lowest BCUT2D eigenvalue weighted by Crippen LogP contribution is -2.24. The van der Waals surface area contributed by atoms with E-state index in [1.165, 1.54) is 0 Å². The highest BCUT2D eigenvalue weighted by molar-refractivity contribution is 7.90. The highest BCUT2D eigenvalue weighted by Gasteiger charge is 2.23. The summed E-state index contributed by atoms with van der Waals surface area (Å²) < 4.78 is 26.2. The second kappa shape index (κ2) is 6.59. The Morgan fingerprint density at radius 1 is 0.958 bits per heavy atom. The highest BCUT2D eigenvalue weighted by Crippen LogP contribution is 2.21. The van der Waals surface area contributed by atoms with Crippen LogP contribution in [0.2, 0.25) is 5.02 Å². The molecule has 3 aromatic rings. The molecule has 5 nitrogen and oxygen atoms in total. The Kier molecular flexibility index (Phi) is 4.51. The molecule has 0 spiro atoms. The molecular weight excluding hydrogens is 348 g/mol. The summed E-state index contributed by atoms with van der Waals surface area (Å²) >= 11 is 6.05. The van der Waals surface area contributed by atoms with Crippen LogP contribution in [0.3, 0.4) is 0 Å². The van der Waals surface area contributed by atoms with Crippen LogP contribution in [0.15, 0.2) is 76.6 Å². The first-order valence-corrected chi connectivity index (χ1v) is 9.12. The molecule has 0 aliphatic carbocycles. The molecule has 24 heavy (non-hydrogen) atoms. The SMILES string of the molecule is O=c1c(Cl)c(S(=O)(=O)Cc2ccccc2)cnn1-c1ccccc1. The summed E-state index contributed by atoms with van der Waals surface area (Å²) in [7, 11) is -3.77. The topological polar surface area (TPSA) is 69.0 Å². The molecule has 1 heterocycles. The lowest BCUT2D eigenvalue weighted by atomic mass is 10.2. The Morgan fingerprint density at radius 3 is 2.17 bits per heavy atom. The van der Waals surface area contributed by atoms with Gasteiger partial charge in [-0.25, -0.2) is 8.42 Å². The molecule has 0 radical (unpaired) electrons. The fourth-order valence-corrected chi connectivity index (χ4v) is 4.10. The average molecular weight is 361 g/mol. The van der Waals surface area contributed by atoms with E-state index < -0.39 is 15.4 Å². The minimum Gasteiger partial charge on any atom is -0.266 e. The van der Waals surface area contributed by atoms with Crippen LogP contribution in [0.25, 0.3) is 5.69 Å². The van der Waals surface area contributed by atoms with Gasteiger partial charge in [0.15, 0.2) is 9.84 Å². The van der Waals surface area contributed by atoms with Crippen LogP contribution in [0.1, 0.15) is 5.56 Å². The summed E-state index contributed by atoms with van der Waals surface area (Å²) in [6.45, 7) is 0. The lowest BCUT2D eigenvalue weighted by Gasteiger charge is -2.09. The molecule has 0 saturated carbocycles. The summed E-state index contributed by atoms with van der Waals surface area (Å²) in [6.07, 6.45) is 1.12. The number of nitrogens with zero attached hydrogens (tertiary/aromatic N) is 2. The molecule has 7 heteroatoms. The Hall–Kier alpha value is -2.44. The van der Waals surface area contributed by atoms with Crippen molar-refractivity contribution in [3.05, 3.63) is 87.8 Å². The molecule has 3 rings (SSSR count). The number of rotatable bonds is 4. The standard InChI is InChI=1S/C17H13ClN2O3S/c18-16-15(24(22,23)12-13-7-3-1-4-8-13)11-19-20(17(16)21)14-9-5-2-6-10-14/h1-11H,12H2. The number of sulfone groups is 1. The zero-order valence-electron chi connectivity index (χ0n) is 12.5. The molecule has 2 aromatic carbocycles. The van der Waals surface area contributed by atoms with Gasteiger partial charge in [0.05, 0.1) is 17.6 Å². The summed E-state index contributed by atoms with van der Waals surface area (Å²) in [5.74, 6) is -0.246. The first-order valence-electron chi connectivity index (χ1n) is 7.09. The van der Waals surface area contributed by atoms with Crippen molar-refractivity contribution >= 4 is 21.4 Å². The van der Waals surface area contributed by atoms with Gasteiger partial charge in [-0.2, -0.15) is 9.78 Å². The Labute approximate surface area is 144 Å². The number of aromatic nitrogens is 2. The van der Waals surface area contributed by atoms with Gasteiger partial charge < -0.3 is 0 Å². The summed E-state index contributed by atoms with van der Waals surface area (Å²) in [5.41, 5.74) is 0.453. The highest BCUT2D eigenvalue weighted by atomic mass is 35.5. The second-order valence-corrected chi connectivity index (χ2v) is 7.46. The predicted octanol–water partition coefficient (Wildman–Crippen LogP) is 2.86. The van der Waals surface area contributed by atoms with E-state index in [4.69, 9.17) is 11.6 Å². The number of hydrogen-bond donors (Lipinski definition) is 0. The first-order chi connectivity index (χ1) is 11.5. The molecule has 0 bridgehead atoms. The van der Waals surface area contributed by atoms with Crippen LogP contribution in [0.5, 0.6) is 0 Å². The van der Waals surface area contributed by atoms with E-state index in [-0.39, 0.29) is 15.7 Å². The van der Waals surface area contributed by atoms with Gasteiger partial charge >= 0.3 is 0 Å². The Bertz CT molecular complexity index is 1020. The van der Waals surface area contributed by atoms with Gasteiger partial charge in [0.25, 0.3) is 5.56 Å². The first kappa shape index (κ1) is 16.4. The molecule has 0 aliphatic heterocycles. The zero-order chi connectivity index (χ0) is 17.2. The van der Waals surface area contributed by atoms with Crippen LogP contribution in [-0.2, 0) is 15.6 Å². The zero-order valence-corrected chi connectivity index (χ0v) is 14.0. The maximum atomic E-state index is 12.5. The van der Waals surface area contributed by atoms with Crippen LogP contribution in [0, 0.1) is 0 Å². The van der Waals surface area contributed by atoms with Crippen LogP contribution >= 0.6 is 11.6 Å². The van der Waals surface area contributed by atoms with Crippen LogP contribution < -0.4 is 5.56 Å². The molecule has 0 atom stereocenters. The molecule has 0 fully saturated rings. The fourth-order valence-electron chi connectivity index (χ4n) is 2.26. The number of benzene rings is 2. The van der Waals surface area contributed by atoms with Gasteiger partial charge in [-0.15, -0.1) is 0 Å². The molecule has 1 aromatic heterocycles. The normalized spacial score (nSPS) is 11.4. The third-order valence-corrected chi connectivity index (χ3v) is 5.59. The van der Waals surface area contributed by atoms with Crippen molar-refractivity contribution in [1.29, 1.82) is 0 Å². The largest absolute Gasteiger partial charge is 0.291 e. The maximum Gasteiger partial charge on any atom is 0.291 e. The van der Waals surface area contributed by atoms with Crippen molar-refractivity contribution in [3.63, 3.8) is 0 Å². The number of halogens is 1. The number of hydrogen-bond acceptors (Lipinski definition) is 4. The third-order valence-electron chi connectivity index (χ3n) is 3.42. The monoisotopic (exact) mass is 360 g/mol. The lowest BCUT2D eigenvalue weighted by molar-refractivity contribution is 0.593. The van der Waals surface area contributed by atoms with Crippen molar-refractivity contribution in [2.45, 2.75) is 10.6 Å². The van der Waals surface area contributed by atoms with E-state index in [2.05, 4.69) is 5.10 Å². The molecule has 0 saturated heterocycles. The van der Waals surface area contributed by atoms with Crippen LogP contribution in [-0.4, -0.2) is 18.2 Å². The maximum absolute atomic E-state index is 12.5. The van der Waals surface area contributed by atoms with E-state index in [0.717, 1.165) is 10.9 Å². The van der Waals surface area contributed by atoms with Gasteiger partial charge in [0, 0.05) is 0 Å². The van der Waals surface area contributed by atoms with Gasteiger partial charge in [0.2, 0.25) is 0 Å². The molecule has 0 unspecified atom stereocenters. The third kappa shape index (κ3) is 3.25. The minimum atomic E-state index is -3.77. The van der Waals surface area contributed by atoms with Crippen molar-refractivity contribution in [1.82, 2.24) is 9.78 Å². The molecule has 0 aliphatic rings. The van der Waals surface area contributed by atoms with Gasteiger partial charge in [-0.3, -0.25) is 4.79 Å². The van der Waals surface area contributed by atoms with Gasteiger partial charge in [-0.05, 0) is 17.7 Å². The Balaban J connectivity index is 2.04. The number of para-hydroxylation sites is 1. The molecular formula is C17H13ClN2O3S.